The van der Waals surface area contributed by atoms with Crippen molar-refractivity contribution in [3.63, 3.8) is 0 Å². The van der Waals surface area contributed by atoms with Gasteiger partial charge >= 0.3 is 0 Å². The summed E-state index contributed by atoms with van der Waals surface area (Å²) in [7, 11) is 1.87. The van der Waals surface area contributed by atoms with E-state index in [4.69, 9.17) is 4.74 Å². The molecule has 0 aliphatic carbocycles. The van der Waals surface area contributed by atoms with Crippen molar-refractivity contribution in [1.82, 2.24) is 30.0 Å². The molecule has 2 aromatic carbocycles. The van der Waals surface area contributed by atoms with E-state index in [2.05, 4.69) is 30.7 Å². The summed E-state index contributed by atoms with van der Waals surface area (Å²) in [6.45, 7) is 0.989. The van der Waals surface area contributed by atoms with Crippen LogP contribution < -0.4 is 15.4 Å². The summed E-state index contributed by atoms with van der Waals surface area (Å²) in [4.78, 5) is 13.4. The third-order valence-electron chi connectivity index (χ3n) is 5.96. The number of aromatic nitrogens is 5. The first-order valence-electron chi connectivity index (χ1n) is 11.0. The maximum atomic E-state index is 14.7. The van der Waals surface area contributed by atoms with Crippen molar-refractivity contribution in [1.29, 1.82) is 0 Å². The van der Waals surface area contributed by atoms with Gasteiger partial charge in [0, 0.05) is 31.0 Å². The van der Waals surface area contributed by atoms with E-state index < -0.39 is 12.3 Å². The summed E-state index contributed by atoms with van der Waals surface area (Å²) in [5, 5.41) is 11.5. The summed E-state index contributed by atoms with van der Waals surface area (Å²) in [5.41, 5.74) is 6.19. The summed E-state index contributed by atoms with van der Waals surface area (Å²) >= 11 is 1.58. The van der Waals surface area contributed by atoms with Gasteiger partial charge in [0.2, 0.25) is 0 Å². The summed E-state index contributed by atoms with van der Waals surface area (Å²) in [6.07, 6.45) is 4.18. The molecule has 0 amide bonds. The van der Waals surface area contributed by atoms with Crippen molar-refractivity contribution in [2.24, 2.45) is 7.05 Å². The first kappa shape index (κ1) is 20.9. The normalized spacial score (nSPS) is 18.4. The minimum Gasteiger partial charge on any atom is -0.486 e. The van der Waals surface area contributed by atoms with Gasteiger partial charge in [0.25, 0.3) is 0 Å². The van der Waals surface area contributed by atoms with Crippen LogP contribution in [0.5, 0.6) is 5.75 Å². The Morgan fingerprint density at radius 2 is 2.09 bits per heavy atom. The third-order valence-corrected chi connectivity index (χ3v) is 6.75. The zero-order chi connectivity index (χ0) is 23.1. The number of alkyl halides is 1. The largest absolute Gasteiger partial charge is 0.486 e. The number of ether oxygens (including phenoxy) is 1. The SMILES string of the molecule is Cn1cc(-c2cc(O[C@H]3CCNC[C@@H]3F)c3c(Nc4ccc5ncsc5c4)ncnc3c2)cn1. The monoisotopic (exact) mass is 475 g/mol. The van der Waals surface area contributed by atoms with Gasteiger partial charge in [0.1, 0.15) is 30.2 Å². The molecule has 6 rings (SSSR count). The van der Waals surface area contributed by atoms with Gasteiger partial charge in [-0.3, -0.25) is 4.68 Å². The van der Waals surface area contributed by atoms with Gasteiger partial charge in [-0.15, -0.1) is 11.3 Å². The number of hydrogen-bond donors (Lipinski definition) is 2. The van der Waals surface area contributed by atoms with Crippen molar-refractivity contribution in [3.8, 4) is 16.9 Å². The molecule has 0 bridgehead atoms. The van der Waals surface area contributed by atoms with Gasteiger partial charge in [0.05, 0.1) is 32.8 Å². The molecule has 1 aliphatic heterocycles. The lowest BCUT2D eigenvalue weighted by Crippen LogP contribution is -2.44. The Morgan fingerprint density at radius 3 is 2.94 bits per heavy atom. The number of fused-ring (bicyclic) bond motifs is 2. The van der Waals surface area contributed by atoms with Crippen molar-refractivity contribution >= 4 is 44.0 Å². The molecule has 5 aromatic rings. The number of rotatable bonds is 5. The molecule has 1 aliphatic rings. The Labute approximate surface area is 198 Å². The molecule has 3 aromatic heterocycles. The molecule has 0 spiro atoms. The molecule has 2 atom stereocenters. The van der Waals surface area contributed by atoms with E-state index in [0.29, 0.717) is 35.4 Å². The molecule has 1 saturated heterocycles. The van der Waals surface area contributed by atoms with Gasteiger partial charge in [-0.2, -0.15) is 5.10 Å². The first-order chi connectivity index (χ1) is 16.6. The molecular weight excluding hydrogens is 453 g/mol. The second kappa shape index (κ2) is 8.62. The Bertz CT molecular complexity index is 1480. The Morgan fingerprint density at radius 1 is 1.15 bits per heavy atom. The van der Waals surface area contributed by atoms with Crippen LogP contribution in [0.25, 0.3) is 32.2 Å². The fourth-order valence-corrected chi connectivity index (χ4v) is 4.96. The number of piperidine rings is 1. The van der Waals surface area contributed by atoms with E-state index in [1.807, 2.05) is 49.1 Å². The average Bonchev–Trinajstić information content (AvgIpc) is 3.49. The van der Waals surface area contributed by atoms with Crippen LogP contribution in [0.3, 0.4) is 0 Å². The number of hydrogen-bond acceptors (Lipinski definition) is 8. The maximum absolute atomic E-state index is 14.7. The molecule has 0 saturated carbocycles. The van der Waals surface area contributed by atoms with Crippen LogP contribution in [0.1, 0.15) is 6.42 Å². The second-order valence-corrected chi connectivity index (χ2v) is 9.20. The topological polar surface area (TPSA) is 89.8 Å². The molecule has 1 fully saturated rings. The van der Waals surface area contributed by atoms with Gasteiger partial charge in [-0.05, 0) is 48.9 Å². The highest BCUT2D eigenvalue weighted by atomic mass is 32.1. The van der Waals surface area contributed by atoms with Crippen LogP contribution in [0, 0.1) is 0 Å². The Kier molecular flexibility index (Phi) is 5.31. The van der Waals surface area contributed by atoms with Gasteiger partial charge in [-0.1, -0.05) is 0 Å². The van der Waals surface area contributed by atoms with E-state index in [1.54, 1.807) is 22.2 Å². The van der Waals surface area contributed by atoms with Gasteiger partial charge < -0.3 is 15.4 Å². The van der Waals surface area contributed by atoms with Crippen molar-refractivity contribution < 1.29 is 9.13 Å². The second-order valence-electron chi connectivity index (χ2n) is 8.32. The Hall–Kier alpha value is -3.63. The van der Waals surface area contributed by atoms with Crippen LogP contribution in [0.15, 0.2) is 54.6 Å². The predicted molar refractivity (Wildman–Crippen MR) is 131 cm³/mol. The van der Waals surface area contributed by atoms with Crippen LogP contribution in [-0.2, 0) is 7.05 Å². The summed E-state index contributed by atoms with van der Waals surface area (Å²) in [5.74, 6) is 1.15. The van der Waals surface area contributed by atoms with Crippen LogP contribution in [-0.4, -0.2) is 50.1 Å². The Balaban J connectivity index is 1.46. The lowest BCUT2D eigenvalue weighted by molar-refractivity contribution is 0.0744. The molecule has 2 N–H and O–H groups in total. The van der Waals surface area contributed by atoms with Crippen molar-refractivity contribution in [2.75, 3.05) is 18.4 Å². The number of nitrogens with one attached hydrogen (secondary N) is 2. The standard InChI is InChI=1S/C24H22FN7OS/c1-32-11-15(9-30-32)14-6-19-23(21(7-14)33-20-4-5-26-10-17(20)25)24(28-12-27-19)31-16-2-3-18-22(8-16)34-13-29-18/h2-3,6-9,11-13,17,20,26H,4-5,10H2,1H3,(H,27,28,31)/t17-,20-/m0/s1. The smallest absolute Gasteiger partial charge is 0.149 e. The molecule has 10 heteroatoms. The predicted octanol–water partition coefficient (Wildman–Crippen LogP) is 4.46. The maximum Gasteiger partial charge on any atom is 0.149 e. The zero-order valence-corrected chi connectivity index (χ0v) is 19.2. The number of thiazole rings is 1. The first-order valence-corrected chi connectivity index (χ1v) is 11.9. The van der Waals surface area contributed by atoms with Crippen LogP contribution >= 0.6 is 11.3 Å². The van der Waals surface area contributed by atoms with Crippen molar-refractivity contribution in [3.05, 3.63) is 54.6 Å². The molecule has 8 nitrogen and oxygen atoms in total. The van der Waals surface area contributed by atoms with Gasteiger partial charge in [0.15, 0.2) is 0 Å². The van der Waals surface area contributed by atoms with E-state index in [9.17, 15) is 4.39 Å². The third kappa shape index (κ3) is 3.95. The minimum atomic E-state index is -1.10. The summed E-state index contributed by atoms with van der Waals surface area (Å²) in [6, 6.07) is 9.88. The molecule has 0 unspecified atom stereocenters. The van der Waals surface area contributed by atoms with Crippen LogP contribution in [0.2, 0.25) is 0 Å². The highest BCUT2D eigenvalue weighted by molar-refractivity contribution is 7.16. The molecule has 4 heterocycles. The van der Waals surface area contributed by atoms with E-state index in [0.717, 1.165) is 27.0 Å². The highest BCUT2D eigenvalue weighted by Crippen LogP contribution is 2.37. The van der Waals surface area contributed by atoms with Crippen molar-refractivity contribution in [2.45, 2.75) is 18.7 Å². The zero-order valence-electron chi connectivity index (χ0n) is 18.4. The summed E-state index contributed by atoms with van der Waals surface area (Å²) < 4.78 is 23.8. The molecule has 34 heavy (non-hydrogen) atoms. The van der Waals surface area contributed by atoms with Crippen LogP contribution in [0.4, 0.5) is 15.9 Å². The number of anilines is 2. The fourth-order valence-electron chi connectivity index (χ4n) is 4.24. The fraction of sp³-hybridized carbons (Fsp3) is 0.250. The van der Waals surface area contributed by atoms with E-state index in [1.165, 1.54) is 6.33 Å². The van der Waals surface area contributed by atoms with E-state index in [-0.39, 0.29) is 6.54 Å². The lowest BCUT2D eigenvalue weighted by atomic mass is 10.0. The molecule has 172 valence electrons. The minimum absolute atomic E-state index is 0.279. The average molecular weight is 476 g/mol. The molecule has 0 radical (unpaired) electrons. The number of nitrogens with zero attached hydrogens (tertiary/aromatic N) is 5. The number of aryl methyl sites for hydroxylation is 1. The number of halogens is 1. The lowest BCUT2D eigenvalue weighted by Gasteiger charge is -2.28. The quantitative estimate of drug-likeness (QED) is 0.388. The van der Waals surface area contributed by atoms with Gasteiger partial charge in [-0.25, -0.2) is 19.3 Å². The molecular formula is C24H22FN7OS. The number of benzene rings is 2. The highest BCUT2D eigenvalue weighted by Gasteiger charge is 2.28. The van der Waals surface area contributed by atoms with E-state index >= 15 is 0 Å².